The summed E-state index contributed by atoms with van der Waals surface area (Å²) in [7, 11) is -1.28. The number of benzene rings is 1. The molecule has 28 heavy (non-hydrogen) atoms. The lowest BCUT2D eigenvalue weighted by Gasteiger charge is -2.32. The van der Waals surface area contributed by atoms with Crippen LogP contribution < -0.4 is 21.4 Å². The lowest BCUT2D eigenvalue weighted by molar-refractivity contribution is -0.122. The highest BCUT2D eigenvalue weighted by atomic mass is 16.5. The number of nitrogens with one attached hydrogen (secondary N) is 1. The molecule has 1 aromatic rings. The van der Waals surface area contributed by atoms with E-state index in [1.807, 2.05) is 0 Å². The third-order valence-electron chi connectivity index (χ3n) is 5.94. The van der Waals surface area contributed by atoms with Crippen LogP contribution in [0.4, 0.5) is 0 Å². The highest BCUT2D eigenvalue weighted by Crippen LogP contribution is 2.33. The van der Waals surface area contributed by atoms with E-state index in [0.29, 0.717) is 36.8 Å². The van der Waals surface area contributed by atoms with Crippen LogP contribution in [0.2, 0.25) is 0 Å². The van der Waals surface area contributed by atoms with E-state index in [0.717, 1.165) is 25.7 Å². The normalized spacial score (nSPS) is 25.4. The van der Waals surface area contributed by atoms with Crippen LogP contribution in [0.15, 0.2) is 18.2 Å². The number of fused-ring (bicyclic) bond motifs is 1. The van der Waals surface area contributed by atoms with Crippen molar-refractivity contribution in [3.05, 3.63) is 29.3 Å². The number of carboxylic acid groups (broad SMARTS) is 1. The first kappa shape index (κ1) is 20.6. The van der Waals surface area contributed by atoms with E-state index in [-0.39, 0.29) is 23.3 Å². The minimum absolute atomic E-state index is 0.00812. The number of amides is 1. The van der Waals surface area contributed by atoms with Gasteiger partial charge >= 0.3 is 13.1 Å². The molecule has 8 nitrogen and oxygen atoms in total. The molecule has 2 atom stereocenters. The summed E-state index contributed by atoms with van der Waals surface area (Å²) in [5.74, 6) is -0.950. The highest BCUT2D eigenvalue weighted by Gasteiger charge is 2.38. The van der Waals surface area contributed by atoms with Gasteiger partial charge in [-0.3, -0.25) is 4.79 Å². The van der Waals surface area contributed by atoms with Gasteiger partial charge in [0.1, 0.15) is 5.75 Å². The fraction of sp³-hybridized carbons (Fsp3) is 0.579. The molecule has 152 valence electrons. The molecule has 1 fully saturated rings. The van der Waals surface area contributed by atoms with E-state index >= 15 is 0 Å². The van der Waals surface area contributed by atoms with Gasteiger partial charge in [-0.2, -0.15) is 0 Å². The minimum Gasteiger partial charge on any atom is -0.534 e. The standard InChI is InChI=1S/C19H28BN3O5/c21-10-15(22)12-6-4-11(5-7-12)8-17(24)23-16-9-13-2-1-3-14(19(25)26)18(13)28-20(16)27/h1-3,11-12,15-16,27H,4-10,21-22H2,(H,23,24)(H,25,26)/t11-,12-,15-,16?/m0/s1. The first-order valence-corrected chi connectivity index (χ1v) is 9.84. The number of carbonyl (C=O) groups excluding carboxylic acids is 1. The molecule has 1 aromatic carbocycles. The smallest absolute Gasteiger partial charge is 0.534 e. The molecule has 1 heterocycles. The zero-order valence-electron chi connectivity index (χ0n) is 15.8. The predicted molar refractivity (Wildman–Crippen MR) is 105 cm³/mol. The van der Waals surface area contributed by atoms with E-state index < -0.39 is 19.0 Å². The number of aromatic carboxylic acids is 1. The highest BCUT2D eigenvalue weighted by molar-refractivity contribution is 6.47. The van der Waals surface area contributed by atoms with E-state index in [1.165, 1.54) is 6.07 Å². The Morgan fingerprint density at radius 2 is 2.00 bits per heavy atom. The van der Waals surface area contributed by atoms with E-state index in [1.54, 1.807) is 12.1 Å². The van der Waals surface area contributed by atoms with Crippen LogP contribution in [0.1, 0.15) is 48.0 Å². The summed E-state index contributed by atoms with van der Waals surface area (Å²) in [6.07, 6.45) is 4.57. The predicted octanol–water partition coefficient (Wildman–Crippen LogP) is 0.307. The first-order chi connectivity index (χ1) is 13.4. The van der Waals surface area contributed by atoms with Crippen LogP contribution in [0.25, 0.3) is 0 Å². The van der Waals surface area contributed by atoms with Gasteiger partial charge in [0.2, 0.25) is 5.91 Å². The SMILES string of the molecule is NC[C@H](N)[C@H]1CC[C@H](CC(=O)NC2Cc3cccc(C(=O)O)c3OB2O)CC1. The average molecular weight is 389 g/mol. The van der Waals surface area contributed by atoms with E-state index in [4.69, 9.17) is 16.1 Å². The van der Waals surface area contributed by atoms with Gasteiger partial charge in [-0.15, -0.1) is 0 Å². The van der Waals surface area contributed by atoms with Crippen molar-refractivity contribution in [2.24, 2.45) is 23.3 Å². The van der Waals surface area contributed by atoms with E-state index in [2.05, 4.69) is 5.32 Å². The number of hydrogen-bond acceptors (Lipinski definition) is 6. The van der Waals surface area contributed by atoms with Gasteiger partial charge in [-0.25, -0.2) is 4.79 Å². The molecule has 2 aliphatic rings. The second-order valence-corrected chi connectivity index (χ2v) is 7.87. The Morgan fingerprint density at radius 3 is 2.64 bits per heavy atom. The van der Waals surface area contributed by atoms with Crippen LogP contribution in [-0.2, 0) is 11.2 Å². The fourth-order valence-electron chi connectivity index (χ4n) is 4.26. The minimum atomic E-state index is -1.28. The summed E-state index contributed by atoms with van der Waals surface area (Å²) < 4.78 is 5.41. The third-order valence-corrected chi connectivity index (χ3v) is 5.94. The number of hydrogen-bond donors (Lipinski definition) is 5. The van der Waals surface area contributed by atoms with Crippen LogP contribution in [0.5, 0.6) is 5.75 Å². The zero-order valence-corrected chi connectivity index (χ0v) is 15.8. The average Bonchev–Trinajstić information content (AvgIpc) is 2.68. The molecule has 0 saturated heterocycles. The molecule has 9 heteroatoms. The fourth-order valence-corrected chi connectivity index (χ4v) is 4.26. The summed E-state index contributed by atoms with van der Waals surface area (Å²) in [6.45, 7) is 0.487. The second-order valence-electron chi connectivity index (χ2n) is 7.87. The summed E-state index contributed by atoms with van der Waals surface area (Å²) in [5.41, 5.74) is 12.3. The molecule has 1 unspecified atom stereocenters. The Bertz CT molecular complexity index is 724. The molecule has 7 N–H and O–H groups in total. The molecule has 1 aliphatic heterocycles. The number of rotatable bonds is 6. The summed E-state index contributed by atoms with van der Waals surface area (Å²) >= 11 is 0. The van der Waals surface area contributed by atoms with Crippen molar-refractivity contribution in [2.75, 3.05) is 6.54 Å². The van der Waals surface area contributed by atoms with Gasteiger partial charge < -0.3 is 31.6 Å². The van der Waals surface area contributed by atoms with Crippen molar-refractivity contribution in [1.82, 2.24) is 5.32 Å². The van der Waals surface area contributed by atoms with Crippen molar-refractivity contribution >= 4 is 19.0 Å². The molecule has 0 radical (unpaired) electrons. The van der Waals surface area contributed by atoms with E-state index in [9.17, 15) is 19.7 Å². The van der Waals surface area contributed by atoms with Crippen LogP contribution in [-0.4, -0.2) is 47.7 Å². The van der Waals surface area contributed by atoms with Crippen molar-refractivity contribution in [3.8, 4) is 5.75 Å². The Balaban J connectivity index is 1.54. The quantitative estimate of drug-likeness (QED) is 0.440. The Labute approximate surface area is 164 Å². The lowest BCUT2D eigenvalue weighted by atomic mass is 9.72. The van der Waals surface area contributed by atoms with Crippen LogP contribution in [0, 0.1) is 11.8 Å². The number of para-hydroxylation sites is 1. The largest absolute Gasteiger partial charge is 0.547 e. The number of carboxylic acids is 1. The van der Waals surface area contributed by atoms with Crippen molar-refractivity contribution in [2.45, 2.75) is 50.5 Å². The van der Waals surface area contributed by atoms with Gasteiger partial charge in [-0.1, -0.05) is 12.1 Å². The Kier molecular flexibility index (Phi) is 6.59. The van der Waals surface area contributed by atoms with Gasteiger partial charge in [0.15, 0.2) is 0 Å². The number of nitrogens with two attached hydrogens (primary N) is 2. The molecular weight excluding hydrogens is 361 g/mol. The van der Waals surface area contributed by atoms with Crippen LogP contribution >= 0.6 is 0 Å². The van der Waals surface area contributed by atoms with Gasteiger partial charge in [0.25, 0.3) is 0 Å². The van der Waals surface area contributed by atoms with Crippen LogP contribution in [0.3, 0.4) is 0 Å². The molecule has 0 spiro atoms. The molecule has 1 saturated carbocycles. The topological polar surface area (TPSA) is 148 Å². The molecular formula is C19H28BN3O5. The molecule has 3 rings (SSSR count). The second kappa shape index (κ2) is 8.94. The Morgan fingerprint density at radius 1 is 1.29 bits per heavy atom. The summed E-state index contributed by atoms with van der Waals surface area (Å²) in [5, 5.41) is 22.3. The van der Waals surface area contributed by atoms with Gasteiger partial charge in [0, 0.05) is 19.0 Å². The van der Waals surface area contributed by atoms with Crippen molar-refractivity contribution in [3.63, 3.8) is 0 Å². The van der Waals surface area contributed by atoms with Crippen molar-refractivity contribution < 1.29 is 24.4 Å². The monoisotopic (exact) mass is 389 g/mol. The lowest BCUT2D eigenvalue weighted by Crippen LogP contribution is -2.53. The first-order valence-electron chi connectivity index (χ1n) is 9.84. The molecule has 1 aliphatic carbocycles. The molecule has 1 amide bonds. The maximum absolute atomic E-state index is 12.5. The van der Waals surface area contributed by atoms with Crippen molar-refractivity contribution in [1.29, 1.82) is 0 Å². The Hall–Kier alpha value is -2.10. The van der Waals surface area contributed by atoms with Gasteiger partial charge in [0.05, 0.1) is 11.5 Å². The molecule has 0 bridgehead atoms. The maximum atomic E-state index is 12.5. The zero-order chi connectivity index (χ0) is 20.3. The maximum Gasteiger partial charge on any atom is 0.547 e. The number of carbonyl (C=O) groups is 2. The summed E-state index contributed by atoms with van der Waals surface area (Å²) in [4.78, 5) is 23.8. The molecule has 0 aromatic heterocycles. The summed E-state index contributed by atoms with van der Waals surface area (Å²) in [6, 6.07) is 4.83. The van der Waals surface area contributed by atoms with Gasteiger partial charge in [-0.05, 0) is 55.6 Å². The third kappa shape index (κ3) is 4.66.